The summed E-state index contributed by atoms with van der Waals surface area (Å²) in [6, 6.07) is 6.48. The summed E-state index contributed by atoms with van der Waals surface area (Å²) in [5.74, 6) is -0.688. The van der Waals surface area contributed by atoms with Crippen LogP contribution in [0.15, 0.2) is 18.2 Å². The van der Waals surface area contributed by atoms with E-state index in [9.17, 15) is 9.59 Å². The second kappa shape index (κ2) is 6.76. The number of carbonyl (C=O) groups is 2. The minimum Gasteiger partial charge on any atom is -0.325 e. The lowest BCUT2D eigenvalue weighted by molar-refractivity contribution is -0.119. The van der Waals surface area contributed by atoms with Gasteiger partial charge in [-0.1, -0.05) is 25.4 Å². The highest BCUT2D eigenvalue weighted by Crippen LogP contribution is 2.26. The number of amides is 2. The molecule has 0 heterocycles. The quantitative estimate of drug-likeness (QED) is 0.889. The monoisotopic (exact) mass is 279 g/mol. The first-order chi connectivity index (χ1) is 8.93. The van der Waals surface area contributed by atoms with Crippen molar-refractivity contribution in [3.63, 3.8) is 0 Å². The second-order valence-electron chi connectivity index (χ2n) is 4.22. The largest absolute Gasteiger partial charge is 0.325 e. The number of halogens is 1. The van der Waals surface area contributed by atoms with Gasteiger partial charge in [0.1, 0.15) is 6.42 Å². The number of carbonyl (C=O) groups excluding carboxylic acids is 2. The summed E-state index contributed by atoms with van der Waals surface area (Å²) in [4.78, 5) is 22.8. The molecule has 0 aliphatic heterocycles. The fraction of sp³-hybridized carbons (Fsp3) is 0.308. The van der Waals surface area contributed by atoms with Crippen LogP contribution in [0, 0.1) is 17.2 Å². The van der Waals surface area contributed by atoms with Gasteiger partial charge in [0, 0.05) is 11.6 Å². The molecule has 0 aromatic heterocycles. The van der Waals surface area contributed by atoms with Crippen molar-refractivity contribution >= 4 is 34.8 Å². The van der Waals surface area contributed by atoms with Crippen molar-refractivity contribution in [1.82, 2.24) is 0 Å². The van der Waals surface area contributed by atoms with Gasteiger partial charge in [0.25, 0.3) is 0 Å². The third-order valence-corrected chi connectivity index (χ3v) is 2.59. The lowest BCUT2D eigenvalue weighted by Gasteiger charge is -2.11. The molecular weight excluding hydrogens is 266 g/mol. The molecule has 1 aromatic rings. The maximum Gasteiger partial charge on any atom is 0.238 e. The highest BCUT2D eigenvalue weighted by atomic mass is 35.5. The van der Waals surface area contributed by atoms with E-state index in [0.717, 1.165) is 0 Å². The van der Waals surface area contributed by atoms with Crippen molar-refractivity contribution in [2.24, 2.45) is 5.92 Å². The summed E-state index contributed by atoms with van der Waals surface area (Å²) in [6.07, 6.45) is -0.219. The van der Waals surface area contributed by atoms with E-state index in [-0.39, 0.29) is 18.2 Å². The smallest absolute Gasteiger partial charge is 0.238 e. The van der Waals surface area contributed by atoms with E-state index in [1.54, 1.807) is 32.0 Å². The molecule has 6 heteroatoms. The maximum absolute atomic E-state index is 11.5. The summed E-state index contributed by atoms with van der Waals surface area (Å²) >= 11 is 6.01. The predicted octanol–water partition coefficient (Wildman–Crippen LogP) is 2.79. The molecule has 0 aliphatic carbocycles. The summed E-state index contributed by atoms with van der Waals surface area (Å²) in [5.41, 5.74) is 0.964. The van der Waals surface area contributed by atoms with Gasteiger partial charge in [0.15, 0.2) is 0 Å². The summed E-state index contributed by atoms with van der Waals surface area (Å²) in [5, 5.41) is 13.9. The van der Waals surface area contributed by atoms with Gasteiger partial charge >= 0.3 is 0 Å². The zero-order chi connectivity index (χ0) is 14.4. The molecule has 2 amide bonds. The molecule has 0 bridgehead atoms. The third kappa shape index (κ3) is 4.60. The molecule has 0 radical (unpaired) electrons. The van der Waals surface area contributed by atoms with Crippen LogP contribution < -0.4 is 10.6 Å². The van der Waals surface area contributed by atoms with Gasteiger partial charge in [-0.25, -0.2) is 0 Å². The topological polar surface area (TPSA) is 82.0 Å². The molecule has 2 N–H and O–H groups in total. The van der Waals surface area contributed by atoms with Crippen molar-refractivity contribution in [1.29, 1.82) is 5.26 Å². The van der Waals surface area contributed by atoms with Crippen LogP contribution in [0.4, 0.5) is 11.4 Å². The van der Waals surface area contributed by atoms with Gasteiger partial charge in [-0.2, -0.15) is 5.26 Å². The fourth-order valence-electron chi connectivity index (χ4n) is 1.25. The minimum atomic E-state index is -0.405. The summed E-state index contributed by atoms with van der Waals surface area (Å²) < 4.78 is 0. The summed E-state index contributed by atoms with van der Waals surface area (Å²) in [7, 11) is 0. The van der Waals surface area contributed by atoms with Crippen molar-refractivity contribution in [3.8, 4) is 6.07 Å². The molecule has 1 rings (SSSR count). The minimum absolute atomic E-state index is 0.136. The highest BCUT2D eigenvalue weighted by Gasteiger charge is 2.10. The van der Waals surface area contributed by atoms with E-state index in [2.05, 4.69) is 10.6 Å². The third-order valence-electron chi connectivity index (χ3n) is 2.27. The van der Waals surface area contributed by atoms with Crippen LogP contribution in [-0.4, -0.2) is 11.8 Å². The Hall–Kier alpha value is -2.06. The molecule has 100 valence electrons. The maximum atomic E-state index is 11.5. The molecule has 0 atom stereocenters. The molecule has 0 unspecified atom stereocenters. The lowest BCUT2D eigenvalue weighted by atomic mass is 10.2. The highest BCUT2D eigenvalue weighted by molar-refractivity contribution is 6.34. The van der Waals surface area contributed by atoms with E-state index < -0.39 is 5.91 Å². The Morgan fingerprint density at radius 2 is 2.05 bits per heavy atom. The number of nitriles is 1. The molecule has 0 spiro atoms. The SMILES string of the molecule is CC(C)C(=O)Nc1ccc(NC(=O)CC#N)cc1Cl. The molecule has 0 saturated heterocycles. The van der Waals surface area contributed by atoms with E-state index >= 15 is 0 Å². The lowest BCUT2D eigenvalue weighted by Crippen LogP contribution is -2.18. The molecule has 0 aliphatic rings. The molecular formula is C13H14ClN3O2. The Balaban J connectivity index is 2.78. The van der Waals surface area contributed by atoms with Crippen molar-refractivity contribution in [3.05, 3.63) is 23.2 Å². The first-order valence-corrected chi connectivity index (χ1v) is 6.09. The van der Waals surface area contributed by atoms with Crippen molar-refractivity contribution < 1.29 is 9.59 Å². The molecule has 5 nitrogen and oxygen atoms in total. The zero-order valence-electron chi connectivity index (χ0n) is 10.7. The number of nitrogens with zero attached hydrogens (tertiary/aromatic N) is 1. The van der Waals surface area contributed by atoms with Crippen LogP contribution in [-0.2, 0) is 9.59 Å². The van der Waals surface area contributed by atoms with Crippen molar-refractivity contribution in [2.45, 2.75) is 20.3 Å². The van der Waals surface area contributed by atoms with E-state index in [1.807, 2.05) is 0 Å². The zero-order valence-corrected chi connectivity index (χ0v) is 11.4. The fourth-order valence-corrected chi connectivity index (χ4v) is 1.48. The van der Waals surface area contributed by atoms with Crippen LogP contribution in [0.5, 0.6) is 0 Å². The second-order valence-corrected chi connectivity index (χ2v) is 4.63. The average molecular weight is 280 g/mol. The van der Waals surface area contributed by atoms with Crippen LogP contribution in [0.2, 0.25) is 5.02 Å². The van der Waals surface area contributed by atoms with E-state index in [0.29, 0.717) is 16.4 Å². The number of hydrogen-bond donors (Lipinski definition) is 2. The van der Waals surface area contributed by atoms with Crippen LogP contribution in [0.3, 0.4) is 0 Å². The number of benzene rings is 1. The number of rotatable bonds is 4. The van der Waals surface area contributed by atoms with Gasteiger partial charge in [-0.05, 0) is 18.2 Å². The molecule has 1 aromatic carbocycles. The van der Waals surface area contributed by atoms with Gasteiger partial charge in [-0.3, -0.25) is 9.59 Å². The van der Waals surface area contributed by atoms with E-state index in [1.165, 1.54) is 6.07 Å². The predicted molar refractivity (Wildman–Crippen MR) is 73.8 cm³/mol. The van der Waals surface area contributed by atoms with Crippen LogP contribution in [0.25, 0.3) is 0 Å². The number of anilines is 2. The Morgan fingerprint density at radius 3 is 2.58 bits per heavy atom. The van der Waals surface area contributed by atoms with Gasteiger partial charge in [0.05, 0.1) is 16.8 Å². The van der Waals surface area contributed by atoms with Gasteiger partial charge in [0.2, 0.25) is 11.8 Å². The first-order valence-electron chi connectivity index (χ1n) is 5.71. The van der Waals surface area contributed by atoms with Crippen LogP contribution in [0.1, 0.15) is 20.3 Å². The van der Waals surface area contributed by atoms with Gasteiger partial charge < -0.3 is 10.6 Å². The Bertz CT molecular complexity index is 535. The Morgan fingerprint density at radius 1 is 1.37 bits per heavy atom. The van der Waals surface area contributed by atoms with Crippen molar-refractivity contribution in [2.75, 3.05) is 10.6 Å². The van der Waals surface area contributed by atoms with E-state index in [4.69, 9.17) is 16.9 Å². The summed E-state index contributed by atoms with van der Waals surface area (Å²) in [6.45, 7) is 3.56. The van der Waals surface area contributed by atoms with Crippen LogP contribution >= 0.6 is 11.6 Å². The molecule has 19 heavy (non-hydrogen) atoms. The van der Waals surface area contributed by atoms with Gasteiger partial charge in [-0.15, -0.1) is 0 Å². The molecule has 0 saturated carbocycles. The Kier molecular flexibility index (Phi) is 5.34. The Labute approximate surface area is 116 Å². The first kappa shape index (κ1) is 15.0. The number of hydrogen-bond acceptors (Lipinski definition) is 3. The average Bonchev–Trinajstić information content (AvgIpc) is 2.32. The standard InChI is InChI=1S/C13H14ClN3O2/c1-8(2)13(19)17-11-4-3-9(7-10(11)14)16-12(18)5-6-15/h3-4,7-8H,5H2,1-2H3,(H,16,18)(H,17,19). The number of nitrogens with one attached hydrogen (secondary N) is 2. The molecule has 0 fully saturated rings. The normalized spacial score (nSPS) is 9.84.